The van der Waals surface area contributed by atoms with Gasteiger partial charge < -0.3 is 15.2 Å². The molecule has 6 heteroatoms. The summed E-state index contributed by atoms with van der Waals surface area (Å²) in [4.78, 5) is 14.1. The molecule has 1 amide bonds. The minimum absolute atomic E-state index is 0.0295. The highest BCUT2D eigenvalue weighted by molar-refractivity contribution is 6.00. The van der Waals surface area contributed by atoms with E-state index in [1.165, 1.54) is 4.90 Å². The van der Waals surface area contributed by atoms with Crippen LogP contribution in [0.5, 0.6) is 11.5 Å². The topological polar surface area (TPSA) is 88.6 Å². The molecule has 24 heavy (non-hydrogen) atoms. The molecule has 122 valence electrons. The number of carbonyl (C=O) groups is 1. The van der Waals surface area contributed by atoms with Gasteiger partial charge in [0.25, 0.3) is 5.91 Å². The third kappa shape index (κ3) is 2.97. The number of anilines is 2. The van der Waals surface area contributed by atoms with Crippen LogP contribution in [0.1, 0.15) is 5.56 Å². The van der Waals surface area contributed by atoms with Gasteiger partial charge in [-0.25, -0.2) is 0 Å². The van der Waals surface area contributed by atoms with Gasteiger partial charge in [-0.1, -0.05) is 12.1 Å². The van der Waals surface area contributed by atoms with Gasteiger partial charge >= 0.3 is 0 Å². The van der Waals surface area contributed by atoms with Crippen LogP contribution in [0.25, 0.3) is 0 Å². The lowest BCUT2D eigenvalue weighted by atomic mass is 10.0. The van der Waals surface area contributed by atoms with Crippen molar-refractivity contribution in [2.45, 2.75) is 12.5 Å². The van der Waals surface area contributed by atoms with Gasteiger partial charge in [0.1, 0.15) is 18.0 Å². The number of rotatable bonds is 4. The van der Waals surface area contributed by atoms with Crippen LogP contribution in [0, 0.1) is 11.3 Å². The molecule has 1 aliphatic heterocycles. The molecule has 0 saturated carbocycles. The molecule has 0 radical (unpaired) electrons. The first-order valence-electron chi connectivity index (χ1n) is 7.50. The normalized spacial score (nSPS) is 16.1. The summed E-state index contributed by atoms with van der Waals surface area (Å²) in [5.41, 5.74) is 7.86. The SMILES string of the molecule is COc1ccc(CC2Oc3cc(N)ccc3N(CC#N)C2=O)cc1. The molecule has 3 rings (SSSR count). The Bertz CT molecular complexity index is 796. The van der Waals surface area contributed by atoms with Crippen molar-refractivity contribution >= 4 is 17.3 Å². The number of carbonyl (C=O) groups excluding carboxylic acids is 1. The van der Waals surface area contributed by atoms with E-state index in [0.717, 1.165) is 11.3 Å². The number of hydrogen-bond acceptors (Lipinski definition) is 5. The highest BCUT2D eigenvalue weighted by atomic mass is 16.5. The minimum atomic E-state index is -0.693. The van der Waals surface area contributed by atoms with E-state index in [0.29, 0.717) is 23.5 Å². The summed E-state index contributed by atoms with van der Waals surface area (Å²) in [6.07, 6.45) is -0.292. The molecule has 0 bridgehead atoms. The van der Waals surface area contributed by atoms with E-state index in [1.54, 1.807) is 25.3 Å². The van der Waals surface area contributed by atoms with Crippen LogP contribution in [-0.2, 0) is 11.2 Å². The number of amides is 1. The highest BCUT2D eigenvalue weighted by Crippen LogP contribution is 2.36. The number of nitrogen functional groups attached to an aromatic ring is 1. The number of hydrogen-bond donors (Lipinski definition) is 1. The summed E-state index contributed by atoms with van der Waals surface area (Å²) in [6.45, 7) is -0.0295. The van der Waals surface area contributed by atoms with E-state index >= 15 is 0 Å². The van der Waals surface area contributed by atoms with Gasteiger partial charge in [-0.05, 0) is 29.8 Å². The van der Waals surface area contributed by atoms with Gasteiger partial charge in [0.05, 0.1) is 18.9 Å². The highest BCUT2D eigenvalue weighted by Gasteiger charge is 2.34. The van der Waals surface area contributed by atoms with E-state index < -0.39 is 6.10 Å². The molecular weight excluding hydrogens is 306 g/mol. The van der Waals surface area contributed by atoms with Crippen LogP contribution in [0.2, 0.25) is 0 Å². The molecule has 2 aromatic rings. The van der Waals surface area contributed by atoms with Crippen LogP contribution in [0.3, 0.4) is 0 Å². The zero-order valence-electron chi connectivity index (χ0n) is 13.2. The summed E-state index contributed by atoms with van der Waals surface area (Å²) < 4.78 is 11.0. The summed E-state index contributed by atoms with van der Waals surface area (Å²) in [7, 11) is 1.60. The number of fused-ring (bicyclic) bond motifs is 1. The van der Waals surface area contributed by atoms with Gasteiger partial charge in [-0.2, -0.15) is 5.26 Å². The fourth-order valence-electron chi connectivity index (χ4n) is 2.68. The molecule has 0 aromatic heterocycles. The van der Waals surface area contributed by atoms with Crippen molar-refractivity contribution < 1.29 is 14.3 Å². The van der Waals surface area contributed by atoms with Crippen LogP contribution in [0.4, 0.5) is 11.4 Å². The Balaban J connectivity index is 1.88. The third-order valence-electron chi connectivity index (χ3n) is 3.89. The standard InChI is InChI=1S/C18H17N3O3/c1-23-14-5-2-12(3-6-14)10-17-18(22)21(9-8-19)15-7-4-13(20)11-16(15)24-17/h2-7,11,17H,9-10,20H2,1H3. The maximum atomic E-state index is 12.7. The van der Waals surface area contributed by atoms with Gasteiger partial charge in [0.15, 0.2) is 6.10 Å². The third-order valence-corrected chi connectivity index (χ3v) is 3.89. The maximum absolute atomic E-state index is 12.7. The second kappa shape index (κ2) is 6.50. The van der Waals surface area contributed by atoms with E-state index in [1.807, 2.05) is 30.3 Å². The first-order valence-corrected chi connectivity index (χ1v) is 7.50. The number of nitrogens with two attached hydrogens (primary N) is 1. The zero-order chi connectivity index (χ0) is 17.1. The summed E-state index contributed by atoms with van der Waals surface area (Å²) in [5.74, 6) is 1.03. The Hall–Kier alpha value is -3.20. The largest absolute Gasteiger partial charge is 0.497 e. The van der Waals surface area contributed by atoms with Crippen molar-refractivity contribution in [3.05, 3.63) is 48.0 Å². The van der Waals surface area contributed by atoms with Crippen LogP contribution in [-0.4, -0.2) is 25.7 Å². The lowest BCUT2D eigenvalue weighted by molar-refractivity contribution is -0.126. The fourth-order valence-corrected chi connectivity index (χ4v) is 2.68. The van der Waals surface area contributed by atoms with E-state index in [2.05, 4.69) is 0 Å². The van der Waals surface area contributed by atoms with Crippen molar-refractivity contribution in [1.82, 2.24) is 0 Å². The molecule has 0 spiro atoms. The van der Waals surface area contributed by atoms with E-state index in [9.17, 15) is 4.79 Å². The average molecular weight is 323 g/mol. The number of nitriles is 1. The molecule has 1 atom stereocenters. The fraction of sp³-hybridized carbons (Fsp3) is 0.222. The first kappa shape index (κ1) is 15.7. The molecule has 1 aliphatic rings. The molecule has 6 nitrogen and oxygen atoms in total. The van der Waals surface area contributed by atoms with Crippen molar-refractivity contribution in [2.75, 3.05) is 24.3 Å². The molecule has 1 heterocycles. The molecule has 0 fully saturated rings. The molecule has 2 aromatic carbocycles. The van der Waals surface area contributed by atoms with Gasteiger partial charge in [0, 0.05) is 18.2 Å². The minimum Gasteiger partial charge on any atom is -0.497 e. The molecule has 0 saturated heterocycles. The van der Waals surface area contributed by atoms with Gasteiger partial charge in [-0.3, -0.25) is 9.69 Å². The predicted molar refractivity (Wildman–Crippen MR) is 89.9 cm³/mol. The number of nitrogens with zero attached hydrogens (tertiary/aromatic N) is 2. The molecule has 0 aliphatic carbocycles. The Morgan fingerprint density at radius 2 is 2.04 bits per heavy atom. The number of ether oxygens (including phenoxy) is 2. The van der Waals surface area contributed by atoms with Crippen LogP contribution >= 0.6 is 0 Å². The quantitative estimate of drug-likeness (QED) is 0.688. The predicted octanol–water partition coefficient (Wildman–Crippen LogP) is 2.14. The molecule has 2 N–H and O–H groups in total. The molecular formula is C18H17N3O3. The lowest BCUT2D eigenvalue weighted by Crippen LogP contribution is -2.47. The zero-order valence-corrected chi connectivity index (χ0v) is 13.2. The van der Waals surface area contributed by atoms with Crippen molar-refractivity contribution in [1.29, 1.82) is 5.26 Å². The lowest BCUT2D eigenvalue weighted by Gasteiger charge is -2.33. The van der Waals surface area contributed by atoms with E-state index in [-0.39, 0.29) is 12.5 Å². The second-order valence-electron chi connectivity index (χ2n) is 5.47. The summed E-state index contributed by atoms with van der Waals surface area (Å²) in [6, 6.07) is 14.5. The second-order valence-corrected chi connectivity index (χ2v) is 5.47. The summed E-state index contributed by atoms with van der Waals surface area (Å²) in [5, 5.41) is 9.03. The van der Waals surface area contributed by atoms with Gasteiger partial charge in [-0.15, -0.1) is 0 Å². The Labute approximate surface area is 140 Å². The number of methoxy groups -OCH3 is 1. The van der Waals surface area contributed by atoms with E-state index in [4.69, 9.17) is 20.5 Å². The Kier molecular flexibility index (Phi) is 4.25. The average Bonchev–Trinajstić information content (AvgIpc) is 2.59. The Morgan fingerprint density at radius 1 is 1.29 bits per heavy atom. The summed E-state index contributed by atoms with van der Waals surface area (Å²) >= 11 is 0. The van der Waals surface area contributed by atoms with Gasteiger partial charge in [0.2, 0.25) is 0 Å². The number of benzene rings is 2. The van der Waals surface area contributed by atoms with Crippen molar-refractivity contribution in [3.63, 3.8) is 0 Å². The van der Waals surface area contributed by atoms with Crippen LogP contribution < -0.4 is 20.1 Å². The maximum Gasteiger partial charge on any atom is 0.269 e. The first-order chi connectivity index (χ1) is 11.6. The Morgan fingerprint density at radius 3 is 2.71 bits per heavy atom. The smallest absolute Gasteiger partial charge is 0.269 e. The van der Waals surface area contributed by atoms with Crippen LogP contribution in [0.15, 0.2) is 42.5 Å². The van der Waals surface area contributed by atoms with Crippen molar-refractivity contribution in [3.8, 4) is 17.6 Å². The molecule has 1 unspecified atom stereocenters. The monoisotopic (exact) mass is 323 g/mol. The van der Waals surface area contributed by atoms with Crippen molar-refractivity contribution in [2.24, 2.45) is 0 Å².